The highest BCUT2D eigenvalue weighted by Crippen LogP contribution is 2.34. The second kappa shape index (κ2) is 7.56. The van der Waals surface area contributed by atoms with Crippen molar-refractivity contribution in [2.24, 2.45) is 5.92 Å². The zero-order valence-electron chi connectivity index (χ0n) is 15.6. The van der Waals surface area contributed by atoms with Crippen LogP contribution in [0.25, 0.3) is 0 Å². The van der Waals surface area contributed by atoms with Crippen molar-refractivity contribution >= 4 is 11.6 Å². The van der Waals surface area contributed by atoms with E-state index < -0.39 is 0 Å². The van der Waals surface area contributed by atoms with Crippen molar-refractivity contribution in [3.8, 4) is 5.75 Å². The molecule has 2 bridgehead atoms. The molecule has 0 aliphatic carbocycles. The van der Waals surface area contributed by atoms with E-state index in [4.69, 9.17) is 4.74 Å². The molecular formula is C21H25N3O3. The van der Waals surface area contributed by atoms with Crippen molar-refractivity contribution < 1.29 is 9.53 Å². The Hall–Kier alpha value is -2.60. The van der Waals surface area contributed by atoms with Gasteiger partial charge in [-0.2, -0.15) is 0 Å². The minimum Gasteiger partial charge on any atom is -0.494 e. The summed E-state index contributed by atoms with van der Waals surface area (Å²) in [6.45, 7) is 5.36. The SMILES string of the molecule is CCOc1ccc(NC(=O)CN2C[C@H]3C[C@@H](C2)c2cccc(=O)n2C3)cc1. The molecule has 2 aliphatic heterocycles. The van der Waals surface area contributed by atoms with Gasteiger partial charge in [0.25, 0.3) is 5.56 Å². The molecule has 2 atom stereocenters. The predicted octanol–water partition coefficient (Wildman–Crippen LogP) is 2.30. The van der Waals surface area contributed by atoms with E-state index in [0.29, 0.717) is 25.0 Å². The molecule has 1 N–H and O–H groups in total. The van der Waals surface area contributed by atoms with Gasteiger partial charge in [-0.05, 0) is 49.6 Å². The molecule has 1 saturated heterocycles. The van der Waals surface area contributed by atoms with Gasteiger partial charge in [0.05, 0.1) is 13.2 Å². The normalized spacial score (nSPS) is 21.4. The molecule has 6 heteroatoms. The Morgan fingerprint density at radius 2 is 1.96 bits per heavy atom. The number of carbonyl (C=O) groups excluding carboxylic acids is 1. The summed E-state index contributed by atoms with van der Waals surface area (Å²) in [7, 11) is 0. The molecule has 6 nitrogen and oxygen atoms in total. The van der Waals surface area contributed by atoms with E-state index in [2.05, 4.69) is 10.2 Å². The number of pyridine rings is 1. The van der Waals surface area contributed by atoms with Crippen LogP contribution in [0.2, 0.25) is 0 Å². The van der Waals surface area contributed by atoms with E-state index in [9.17, 15) is 9.59 Å². The number of nitrogens with one attached hydrogen (secondary N) is 1. The fourth-order valence-corrected chi connectivity index (χ4v) is 4.33. The maximum atomic E-state index is 12.5. The Morgan fingerprint density at radius 1 is 1.15 bits per heavy atom. The number of likely N-dealkylation sites (tertiary alicyclic amines) is 1. The second-order valence-corrected chi connectivity index (χ2v) is 7.40. The lowest BCUT2D eigenvalue weighted by molar-refractivity contribution is -0.117. The molecule has 1 fully saturated rings. The van der Waals surface area contributed by atoms with Crippen LogP contribution in [0.15, 0.2) is 47.3 Å². The van der Waals surface area contributed by atoms with E-state index in [0.717, 1.165) is 43.2 Å². The number of nitrogens with zero attached hydrogens (tertiary/aromatic N) is 2. The summed E-state index contributed by atoms with van der Waals surface area (Å²) in [5, 5.41) is 2.96. The maximum Gasteiger partial charge on any atom is 0.250 e. The summed E-state index contributed by atoms with van der Waals surface area (Å²) in [4.78, 5) is 26.8. The van der Waals surface area contributed by atoms with Gasteiger partial charge in [0.2, 0.25) is 5.91 Å². The topological polar surface area (TPSA) is 63.6 Å². The summed E-state index contributed by atoms with van der Waals surface area (Å²) in [5.41, 5.74) is 1.97. The Balaban J connectivity index is 1.38. The highest BCUT2D eigenvalue weighted by Gasteiger charge is 2.34. The molecule has 2 aliphatic rings. The van der Waals surface area contributed by atoms with Crippen molar-refractivity contribution in [3.63, 3.8) is 0 Å². The Kier molecular flexibility index (Phi) is 4.99. The molecule has 0 saturated carbocycles. The number of ether oxygens (including phenoxy) is 1. The summed E-state index contributed by atoms with van der Waals surface area (Å²) >= 11 is 0. The van der Waals surface area contributed by atoms with Crippen LogP contribution in [0.4, 0.5) is 5.69 Å². The third kappa shape index (κ3) is 3.90. The summed E-state index contributed by atoms with van der Waals surface area (Å²) in [5.74, 6) is 1.54. The van der Waals surface area contributed by atoms with Gasteiger partial charge < -0.3 is 14.6 Å². The van der Waals surface area contributed by atoms with Crippen molar-refractivity contribution in [2.45, 2.75) is 25.8 Å². The van der Waals surface area contributed by atoms with Crippen molar-refractivity contribution in [3.05, 3.63) is 58.5 Å². The number of hydrogen-bond acceptors (Lipinski definition) is 4. The van der Waals surface area contributed by atoms with Crippen LogP contribution in [0.1, 0.15) is 25.0 Å². The first kappa shape index (κ1) is 17.8. The molecule has 142 valence electrons. The number of fused-ring (bicyclic) bond motifs is 4. The first-order chi connectivity index (χ1) is 13.1. The molecule has 1 amide bonds. The number of piperidine rings is 1. The lowest BCUT2D eigenvalue weighted by atomic mass is 9.83. The predicted molar refractivity (Wildman–Crippen MR) is 104 cm³/mol. The van der Waals surface area contributed by atoms with Crippen LogP contribution in [0.5, 0.6) is 5.75 Å². The number of benzene rings is 1. The zero-order chi connectivity index (χ0) is 18.8. The fourth-order valence-electron chi connectivity index (χ4n) is 4.33. The van der Waals surface area contributed by atoms with Gasteiger partial charge >= 0.3 is 0 Å². The summed E-state index contributed by atoms with van der Waals surface area (Å²) < 4.78 is 7.33. The van der Waals surface area contributed by atoms with E-state index in [1.807, 2.05) is 47.9 Å². The largest absolute Gasteiger partial charge is 0.494 e. The van der Waals surface area contributed by atoms with E-state index >= 15 is 0 Å². The molecule has 1 aromatic heterocycles. The Bertz CT molecular complexity index is 875. The molecular weight excluding hydrogens is 342 g/mol. The minimum atomic E-state index is -0.00964. The molecule has 0 unspecified atom stereocenters. The number of hydrogen-bond donors (Lipinski definition) is 1. The smallest absolute Gasteiger partial charge is 0.250 e. The number of carbonyl (C=O) groups is 1. The monoisotopic (exact) mass is 367 g/mol. The highest BCUT2D eigenvalue weighted by atomic mass is 16.5. The van der Waals surface area contributed by atoms with Gasteiger partial charge in [-0.15, -0.1) is 0 Å². The van der Waals surface area contributed by atoms with E-state index in [1.165, 1.54) is 0 Å². The quantitative estimate of drug-likeness (QED) is 0.881. The lowest BCUT2D eigenvalue weighted by Crippen LogP contribution is -2.49. The standard InChI is InChI=1S/C21H25N3O3/c1-2-27-18-8-6-17(7-9-18)22-20(25)14-23-11-15-10-16(13-23)19-4-3-5-21(26)24(19)12-15/h3-9,15-16H,2,10-14H2,1H3,(H,22,25)/t15-,16+/m1/s1. The molecule has 0 spiro atoms. The van der Waals surface area contributed by atoms with Gasteiger partial charge in [-0.1, -0.05) is 6.07 Å². The average Bonchev–Trinajstić information content (AvgIpc) is 2.64. The van der Waals surface area contributed by atoms with Crippen LogP contribution in [-0.4, -0.2) is 41.6 Å². The van der Waals surface area contributed by atoms with Gasteiger partial charge in [-0.25, -0.2) is 0 Å². The first-order valence-corrected chi connectivity index (χ1v) is 9.57. The molecule has 27 heavy (non-hydrogen) atoms. The third-order valence-corrected chi connectivity index (χ3v) is 5.37. The highest BCUT2D eigenvalue weighted by molar-refractivity contribution is 5.92. The van der Waals surface area contributed by atoms with Crippen molar-refractivity contribution in [1.29, 1.82) is 0 Å². The first-order valence-electron chi connectivity index (χ1n) is 9.57. The lowest BCUT2D eigenvalue weighted by Gasteiger charge is -2.42. The van der Waals surface area contributed by atoms with E-state index in [1.54, 1.807) is 6.07 Å². The van der Waals surface area contributed by atoms with Gasteiger partial charge in [0.1, 0.15) is 5.75 Å². The van der Waals surface area contributed by atoms with Gasteiger partial charge in [0, 0.05) is 43.0 Å². The van der Waals surface area contributed by atoms with Crippen molar-refractivity contribution in [1.82, 2.24) is 9.47 Å². The average molecular weight is 367 g/mol. The molecule has 2 aromatic rings. The Labute approximate surface area is 158 Å². The molecule has 1 aromatic carbocycles. The van der Waals surface area contributed by atoms with Crippen LogP contribution >= 0.6 is 0 Å². The number of aromatic nitrogens is 1. The van der Waals surface area contributed by atoms with Crippen molar-refractivity contribution in [2.75, 3.05) is 31.6 Å². The van der Waals surface area contributed by atoms with Crippen LogP contribution in [0.3, 0.4) is 0 Å². The number of anilines is 1. The summed E-state index contributed by atoms with van der Waals surface area (Å²) in [6.07, 6.45) is 1.10. The second-order valence-electron chi connectivity index (χ2n) is 7.40. The fraction of sp³-hybridized carbons (Fsp3) is 0.429. The zero-order valence-corrected chi connectivity index (χ0v) is 15.6. The van der Waals surface area contributed by atoms with E-state index in [-0.39, 0.29) is 11.5 Å². The molecule has 4 rings (SSSR count). The van der Waals surface area contributed by atoms with Crippen LogP contribution in [0, 0.1) is 5.92 Å². The van der Waals surface area contributed by atoms with Gasteiger partial charge in [-0.3, -0.25) is 14.5 Å². The van der Waals surface area contributed by atoms with Crippen LogP contribution in [-0.2, 0) is 11.3 Å². The molecule has 0 radical (unpaired) electrons. The van der Waals surface area contributed by atoms with Crippen LogP contribution < -0.4 is 15.6 Å². The maximum absolute atomic E-state index is 12.5. The Morgan fingerprint density at radius 3 is 2.74 bits per heavy atom. The third-order valence-electron chi connectivity index (χ3n) is 5.37. The summed E-state index contributed by atoms with van der Waals surface area (Å²) in [6, 6.07) is 13.0. The minimum absolute atomic E-state index is 0.00964. The van der Waals surface area contributed by atoms with Gasteiger partial charge in [0.15, 0.2) is 0 Å². The number of amides is 1. The molecule has 3 heterocycles. The number of rotatable bonds is 5.